The molecule has 1 unspecified atom stereocenters. The fourth-order valence-corrected chi connectivity index (χ4v) is 6.85. The molecular weight excluding hydrogens is 495 g/mol. The zero-order chi connectivity index (χ0) is 22.6. The van der Waals surface area contributed by atoms with E-state index < -0.39 is 10.0 Å². The van der Waals surface area contributed by atoms with Gasteiger partial charge in [-0.25, -0.2) is 8.42 Å². The van der Waals surface area contributed by atoms with E-state index in [2.05, 4.69) is 11.2 Å². The molecule has 0 bridgehead atoms. The first kappa shape index (κ1) is 25.0. The lowest BCUT2D eigenvalue weighted by atomic mass is 10.1. The molecule has 31 heavy (non-hydrogen) atoms. The van der Waals surface area contributed by atoms with Gasteiger partial charge in [-0.3, -0.25) is 4.31 Å². The Labute approximate surface area is 204 Å². The molecule has 0 N–H and O–H groups in total. The molecule has 1 heterocycles. The molecule has 1 fully saturated rings. The summed E-state index contributed by atoms with van der Waals surface area (Å²) in [5.74, 6) is 0. The summed E-state index contributed by atoms with van der Waals surface area (Å²) in [6.45, 7) is 5.08. The van der Waals surface area contributed by atoms with Gasteiger partial charge in [0.2, 0.25) is 0 Å². The normalized spacial score (nSPS) is 18.3. The van der Waals surface area contributed by atoms with Gasteiger partial charge in [0.25, 0.3) is 10.0 Å². The molecule has 0 aromatic heterocycles. The Hall–Kier alpha value is -0.630. The third-order valence-corrected chi connectivity index (χ3v) is 9.38. The number of likely N-dealkylation sites (tertiary alicyclic amines) is 1. The highest BCUT2D eigenvalue weighted by molar-refractivity contribution is 7.99. The monoisotopic (exact) mass is 520 g/mol. The van der Waals surface area contributed by atoms with Crippen LogP contribution in [-0.2, 0) is 10.0 Å². The molecule has 0 saturated carbocycles. The molecule has 0 aliphatic carbocycles. The Balaban J connectivity index is 1.83. The maximum Gasteiger partial charge on any atom is 0.264 e. The van der Waals surface area contributed by atoms with E-state index in [0.717, 1.165) is 26.1 Å². The minimum atomic E-state index is -3.86. The molecule has 0 radical (unpaired) electrons. The standard InChI is InChI=1S/C22H27Cl3N2O2S2/c1-16(4-3-12-26-13-11-19(15-26)30-2)27(22-14-18(24)7-10-21(22)25)31(28,29)20-8-5-17(23)6-9-20/h5-10,14,16,19H,3-4,11-13,15H2,1-2H3/t16?,19-/m1/s1. The van der Waals surface area contributed by atoms with Crippen LogP contribution in [0.1, 0.15) is 26.2 Å². The van der Waals surface area contributed by atoms with Crippen LogP contribution in [0.25, 0.3) is 0 Å². The molecule has 1 saturated heterocycles. The molecule has 3 rings (SSSR count). The highest BCUT2D eigenvalue weighted by atomic mass is 35.5. The van der Waals surface area contributed by atoms with E-state index in [-0.39, 0.29) is 10.9 Å². The second-order valence-corrected chi connectivity index (χ2v) is 12.0. The van der Waals surface area contributed by atoms with Crippen molar-refractivity contribution in [3.05, 3.63) is 57.5 Å². The highest BCUT2D eigenvalue weighted by Gasteiger charge is 2.31. The predicted molar refractivity (Wildman–Crippen MR) is 135 cm³/mol. The summed E-state index contributed by atoms with van der Waals surface area (Å²) in [5, 5.41) is 1.96. The predicted octanol–water partition coefficient (Wildman–Crippen LogP) is 6.45. The Morgan fingerprint density at radius 3 is 2.45 bits per heavy atom. The summed E-state index contributed by atoms with van der Waals surface area (Å²) in [6, 6.07) is 10.8. The zero-order valence-electron chi connectivity index (χ0n) is 17.6. The van der Waals surface area contributed by atoms with Crippen LogP contribution in [0, 0.1) is 0 Å². The topological polar surface area (TPSA) is 40.6 Å². The van der Waals surface area contributed by atoms with E-state index in [0.29, 0.717) is 32.4 Å². The molecule has 4 nitrogen and oxygen atoms in total. The summed E-state index contributed by atoms with van der Waals surface area (Å²) >= 11 is 20.5. The lowest BCUT2D eigenvalue weighted by molar-refractivity contribution is 0.327. The van der Waals surface area contributed by atoms with Crippen molar-refractivity contribution in [1.82, 2.24) is 4.90 Å². The van der Waals surface area contributed by atoms with Gasteiger partial charge in [0.15, 0.2) is 0 Å². The molecule has 0 amide bonds. The minimum absolute atomic E-state index is 0.169. The molecule has 1 aliphatic rings. The summed E-state index contributed by atoms with van der Waals surface area (Å²) in [4.78, 5) is 2.63. The summed E-state index contributed by atoms with van der Waals surface area (Å²) < 4.78 is 28.6. The van der Waals surface area contributed by atoms with Crippen molar-refractivity contribution >= 4 is 62.3 Å². The Morgan fingerprint density at radius 2 is 1.81 bits per heavy atom. The number of rotatable bonds is 9. The molecule has 0 spiro atoms. The number of sulfonamides is 1. The van der Waals surface area contributed by atoms with Gasteiger partial charge in [0, 0.05) is 27.9 Å². The fraction of sp³-hybridized carbons (Fsp3) is 0.455. The number of hydrogen-bond donors (Lipinski definition) is 0. The van der Waals surface area contributed by atoms with Crippen molar-refractivity contribution in [3.8, 4) is 0 Å². The lowest BCUT2D eigenvalue weighted by Crippen LogP contribution is -2.39. The smallest absolute Gasteiger partial charge is 0.264 e. The number of anilines is 1. The van der Waals surface area contributed by atoms with Crippen LogP contribution < -0.4 is 4.31 Å². The maximum atomic E-state index is 13.6. The summed E-state index contributed by atoms with van der Waals surface area (Å²) in [7, 11) is -3.86. The Kier molecular flexibility index (Phi) is 8.87. The molecule has 2 aromatic carbocycles. The van der Waals surface area contributed by atoms with Gasteiger partial charge in [-0.1, -0.05) is 34.8 Å². The molecular formula is C22H27Cl3N2O2S2. The van der Waals surface area contributed by atoms with E-state index >= 15 is 0 Å². The van der Waals surface area contributed by atoms with Crippen LogP contribution in [0.4, 0.5) is 5.69 Å². The Morgan fingerprint density at radius 1 is 1.13 bits per heavy atom. The second kappa shape index (κ2) is 11.0. The minimum Gasteiger partial charge on any atom is -0.302 e. The molecule has 9 heteroatoms. The van der Waals surface area contributed by atoms with Crippen molar-refractivity contribution in [1.29, 1.82) is 0 Å². The van der Waals surface area contributed by atoms with Gasteiger partial charge in [-0.05, 0) is 88.0 Å². The van der Waals surface area contributed by atoms with Crippen LogP contribution in [0.3, 0.4) is 0 Å². The SMILES string of the molecule is CS[C@@H]1CCN(CCCC(C)N(c2cc(Cl)ccc2Cl)S(=O)(=O)c2ccc(Cl)cc2)C1. The summed E-state index contributed by atoms with van der Waals surface area (Å²) in [6.07, 6.45) is 4.97. The quantitative estimate of drug-likeness (QED) is 0.380. The van der Waals surface area contributed by atoms with Gasteiger partial charge < -0.3 is 4.90 Å². The van der Waals surface area contributed by atoms with E-state index in [1.165, 1.54) is 22.9 Å². The number of halogens is 3. The van der Waals surface area contributed by atoms with E-state index in [4.69, 9.17) is 34.8 Å². The first-order chi connectivity index (χ1) is 14.7. The first-order valence-corrected chi connectivity index (χ1v) is 14.1. The second-order valence-electron chi connectivity index (χ2n) is 7.79. The summed E-state index contributed by atoms with van der Waals surface area (Å²) in [5.41, 5.74) is 0.389. The third-order valence-electron chi connectivity index (χ3n) is 5.58. The van der Waals surface area contributed by atoms with Crippen molar-refractivity contribution in [3.63, 3.8) is 0 Å². The first-order valence-electron chi connectivity index (χ1n) is 10.2. The van der Waals surface area contributed by atoms with Gasteiger partial charge in [-0.15, -0.1) is 0 Å². The highest BCUT2D eigenvalue weighted by Crippen LogP contribution is 2.35. The van der Waals surface area contributed by atoms with Gasteiger partial charge >= 0.3 is 0 Å². The van der Waals surface area contributed by atoms with E-state index in [1.54, 1.807) is 30.3 Å². The molecule has 2 aromatic rings. The van der Waals surface area contributed by atoms with Gasteiger partial charge in [-0.2, -0.15) is 11.8 Å². The number of nitrogens with zero attached hydrogens (tertiary/aromatic N) is 2. The largest absolute Gasteiger partial charge is 0.302 e. The van der Waals surface area contributed by atoms with Crippen molar-refractivity contribution in [2.24, 2.45) is 0 Å². The fourth-order valence-electron chi connectivity index (χ4n) is 3.90. The van der Waals surface area contributed by atoms with Crippen LogP contribution in [0.2, 0.25) is 15.1 Å². The van der Waals surface area contributed by atoms with Crippen LogP contribution in [-0.4, -0.2) is 50.5 Å². The maximum absolute atomic E-state index is 13.6. The number of hydrogen-bond acceptors (Lipinski definition) is 4. The van der Waals surface area contributed by atoms with Crippen LogP contribution >= 0.6 is 46.6 Å². The van der Waals surface area contributed by atoms with Crippen molar-refractivity contribution < 1.29 is 8.42 Å². The average molecular weight is 522 g/mol. The van der Waals surface area contributed by atoms with Gasteiger partial charge in [0.1, 0.15) is 0 Å². The molecule has 1 aliphatic heterocycles. The average Bonchev–Trinajstić information content (AvgIpc) is 3.19. The van der Waals surface area contributed by atoms with Crippen LogP contribution in [0.5, 0.6) is 0 Å². The van der Waals surface area contributed by atoms with Crippen molar-refractivity contribution in [2.75, 3.05) is 30.2 Å². The molecule has 170 valence electrons. The number of benzene rings is 2. The Bertz CT molecular complexity index is 987. The number of thioether (sulfide) groups is 1. The van der Waals surface area contributed by atoms with E-state index in [1.807, 2.05) is 18.7 Å². The zero-order valence-corrected chi connectivity index (χ0v) is 21.5. The van der Waals surface area contributed by atoms with Crippen LogP contribution in [0.15, 0.2) is 47.4 Å². The third kappa shape index (κ3) is 6.24. The van der Waals surface area contributed by atoms with Crippen molar-refractivity contribution in [2.45, 2.75) is 42.4 Å². The lowest BCUT2D eigenvalue weighted by Gasteiger charge is -2.32. The molecule has 2 atom stereocenters. The van der Waals surface area contributed by atoms with Gasteiger partial charge in [0.05, 0.1) is 15.6 Å². The van der Waals surface area contributed by atoms with E-state index in [9.17, 15) is 8.42 Å².